The number of carbonyl (C=O) groups is 1. The van der Waals surface area contributed by atoms with E-state index in [4.69, 9.17) is 9.47 Å². The highest BCUT2D eigenvalue weighted by Gasteiger charge is 2.34. The van der Waals surface area contributed by atoms with Gasteiger partial charge in [-0.05, 0) is 31.0 Å². The number of para-hydroxylation sites is 1. The van der Waals surface area contributed by atoms with Crippen LogP contribution in [0.1, 0.15) is 24.2 Å². The maximum absolute atomic E-state index is 12.4. The van der Waals surface area contributed by atoms with E-state index in [0.717, 1.165) is 16.9 Å². The molecule has 1 aliphatic rings. The first-order valence-corrected chi connectivity index (χ1v) is 7.83. The molecule has 0 bridgehead atoms. The van der Waals surface area contributed by atoms with Crippen LogP contribution < -0.4 is 4.74 Å². The van der Waals surface area contributed by atoms with Crippen LogP contribution >= 0.6 is 0 Å². The fourth-order valence-electron chi connectivity index (χ4n) is 2.78. The van der Waals surface area contributed by atoms with Crippen LogP contribution in [0.25, 0.3) is 0 Å². The number of hydrogen-bond donors (Lipinski definition) is 0. The second-order valence-electron chi connectivity index (χ2n) is 5.73. The van der Waals surface area contributed by atoms with Crippen molar-refractivity contribution in [1.82, 2.24) is 4.90 Å². The third kappa shape index (κ3) is 3.54. The van der Waals surface area contributed by atoms with Crippen molar-refractivity contribution >= 4 is 5.91 Å². The maximum Gasteiger partial charge on any atom is 0.262 e. The molecular formula is C19H21NO3. The molecule has 1 amide bonds. The fraction of sp³-hybridized carbons (Fsp3) is 0.316. The quantitative estimate of drug-likeness (QED) is 0.869. The van der Waals surface area contributed by atoms with Crippen molar-refractivity contribution in [3.05, 3.63) is 65.7 Å². The molecule has 0 saturated carbocycles. The molecule has 4 heteroatoms. The molecule has 1 fully saturated rings. The van der Waals surface area contributed by atoms with Crippen molar-refractivity contribution in [2.24, 2.45) is 0 Å². The lowest BCUT2D eigenvalue weighted by Crippen LogP contribution is -2.37. The van der Waals surface area contributed by atoms with E-state index in [9.17, 15) is 4.79 Å². The summed E-state index contributed by atoms with van der Waals surface area (Å²) in [5.41, 5.74) is 2.11. The van der Waals surface area contributed by atoms with E-state index in [1.54, 1.807) is 4.90 Å². The number of nitrogens with zero attached hydrogens (tertiary/aromatic N) is 1. The Morgan fingerprint density at radius 2 is 1.87 bits per heavy atom. The Labute approximate surface area is 136 Å². The van der Waals surface area contributed by atoms with Gasteiger partial charge in [0.25, 0.3) is 5.91 Å². The summed E-state index contributed by atoms with van der Waals surface area (Å²) in [6.45, 7) is 4.45. The lowest BCUT2D eigenvalue weighted by molar-refractivity contribution is -0.137. The Morgan fingerprint density at radius 1 is 1.17 bits per heavy atom. The second-order valence-corrected chi connectivity index (χ2v) is 5.73. The number of carbonyl (C=O) groups excluding carboxylic acids is 1. The van der Waals surface area contributed by atoms with Gasteiger partial charge in [-0.3, -0.25) is 4.79 Å². The summed E-state index contributed by atoms with van der Waals surface area (Å²) in [4.78, 5) is 14.2. The minimum atomic E-state index is -0.242. The van der Waals surface area contributed by atoms with Gasteiger partial charge < -0.3 is 14.4 Å². The predicted octanol–water partition coefficient (Wildman–Crippen LogP) is 3.32. The molecule has 2 unspecified atom stereocenters. The highest BCUT2D eigenvalue weighted by molar-refractivity contribution is 5.78. The SMILES string of the molecule is Cc1ccccc1OCC(=O)N1CC(c2ccccc2)OC1C. The smallest absolute Gasteiger partial charge is 0.262 e. The van der Waals surface area contributed by atoms with Gasteiger partial charge in [-0.15, -0.1) is 0 Å². The van der Waals surface area contributed by atoms with Gasteiger partial charge in [0.15, 0.2) is 6.61 Å². The van der Waals surface area contributed by atoms with Gasteiger partial charge in [0.1, 0.15) is 18.1 Å². The molecule has 1 heterocycles. The zero-order chi connectivity index (χ0) is 16.2. The molecule has 2 aromatic carbocycles. The molecule has 2 atom stereocenters. The summed E-state index contributed by atoms with van der Waals surface area (Å²) in [5.74, 6) is 0.687. The van der Waals surface area contributed by atoms with Crippen LogP contribution in [0.2, 0.25) is 0 Å². The molecule has 0 N–H and O–H groups in total. The average Bonchev–Trinajstić information content (AvgIpc) is 2.97. The zero-order valence-electron chi connectivity index (χ0n) is 13.4. The normalized spacial score (nSPS) is 20.5. The molecule has 3 rings (SSSR count). The molecule has 23 heavy (non-hydrogen) atoms. The average molecular weight is 311 g/mol. The van der Waals surface area contributed by atoms with Gasteiger partial charge >= 0.3 is 0 Å². The van der Waals surface area contributed by atoms with Crippen LogP contribution in [0.3, 0.4) is 0 Å². The largest absolute Gasteiger partial charge is 0.483 e. The van der Waals surface area contributed by atoms with E-state index in [1.807, 2.05) is 68.4 Å². The van der Waals surface area contributed by atoms with Crippen molar-refractivity contribution in [2.75, 3.05) is 13.2 Å². The van der Waals surface area contributed by atoms with Crippen molar-refractivity contribution in [3.63, 3.8) is 0 Å². The highest BCUT2D eigenvalue weighted by atomic mass is 16.5. The molecule has 0 aliphatic carbocycles. The summed E-state index contributed by atoms with van der Waals surface area (Å²) >= 11 is 0. The molecular weight excluding hydrogens is 290 g/mol. The van der Waals surface area contributed by atoms with Crippen LogP contribution in [0.5, 0.6) is 5.75 Å². The van der Waals surface area contributed by atoms with Crippen molar-refractivity contribution in [2.45, 2.75) is 26.2 Å². The maximum atomic E-state index is 12.4. The van der Waals surface area contributed by atoms with Crippen molar-refractivity contribution < 1.29 is 14.3 Å². The number of amides is 1. The van der Waals surface area contributed by atoms with E-state index in [-0.39, 0.29) is 24.8 Å². The first-order valence-electron chi connectivity index (χ1n) is 7.83. The molecule has 1 saturated heterocycles. The van der Waals surface area contributed by atoms with Crippen LogP contribution in [0.15, 0.2) is 54.6 Å². The van der Waals surface area contributed by atoms with Crippen LogP contribution in [0, 0.1) is 6.92 Å². The Morgan fingerprint density at radius 3 is 2.61 bits per heavy atom. The number of benzene rings is 2. The Bertz CT molecular complexity index is 671. The van der Waals surface area contributed by atoms with Crippen molar-refractivity contribution in [3.8, 4) is 5.75 Å². The van der Waals surface area contributed by atoms with E-state index >= 15 is 0 Å². The first-order chi connectivity index (χ1) is 11.1. The molecule has 4 nitrogen and oxygen atoms in total. The van der Waals surface area contributed by atoms with E-state index in [2.05, 4.69) is 0 Å². The second kappa shape index (κ2) is 6.84. The summed E-state index contributed by atoms with van der Waals surface area (Å²) in [6.07, 6.45) is -0.318. The zero-order valence-corrected chi connectivity index (χ0v) is 13.4. The van der Waals surface area contributed by atoms with Gasteiger partial charge in [0, 0.05) is 0 Å². The van der Waals surface area contributed by atoms with E-state index < -0.39 is 0 Å². The molecule has 0 spiro atoms. The van der Waals surface area contributed by atoms with Gasteiger partial charge in [0.05, 0.1) is 6.54 Å². The number of ether oxygens (including phenoxy) is 2. The number of aryl methyl sites for hydroxylation is 1. The summed E-state index contributed by atoms with van der Waals surface area (Å²) < 4.78 is 11.6. The molecule has 0 radical (unpaired) electrons. The monoisotopic (exact) mass is 311 g/mol. The minimum Gasteiger partial charge on any atom is -0.483 e. The van der Waals surface area contributed by atoms with Gasteiger partial charge in [-0.1, -0.05) is 48.5 Å². The summed E-state index contributed by atoms with van der Waals surface area (Å²) in [7, 11) is 0. The summed E-state index contributed by atoms with van der Waals surface area (Å²) in [5, 5.41) is 0. The predicted molar refractivity (Wildman–Crippen MR) is 88.1 cm³/mol. The first kappa shape index (κ1) is 15.6. The van der Waals surface area contributed by atoms with Crippen LogP contribution in [-0.4, -0.2) is 30.2 Å². The third-order valence-corrected chi connectivity index (χ3v) is 4.10. The lowest BCUT2D eigenvalue weighted by atomic mass is 10.1. The van der Waals surface area contributed by atoms with Gasteiger partial charge in [0.2, 0.25) is 0 Å². The highest BCUT2D eigenvalue weighted by Crippen LogP contribution is 2.28. The summed E-state index contributed by atoms with van der Waals surface area (Å²) in [6, 6.07) is 17.7. The molecule has 2 aromatic rings. The van der Waals surface area contributed by atoms with E-state index in [0.29, 0.717) is 6.54 Å². The fourth-order valence-corrected chi connectivity index (χ4v) is 2.78. The Kier molecular flexibility index (Phi) is 4.63. The standard InChI is InChI=1S/C19H21NO3/c1-14-8-6-7-11-17(14)22-13-19(21)20-12-18(23-15(20)2)16-9-4-3-5-10-16/h3-11,15,18H,12-13H2,1-2H3. The Hall–Kier alpha value is -2.33. The number of hydrogen-bond acceptors (Lipinski definition) is 3. The Balaban J connectivity index is 1.61. The topological polar surface area (TPSA) is 38.8 Å². The number of rotatable bonds is 4. The third-order valence-electron chi connectivity index (χ3n) is 4.10. The molecule has 0 aromatic heterocycles. The van der Waals surface area contributed by atoms with Crippen LogP contribution in [0.4, 0.5) is 0 Å². The van der Waals surface area contributed by atoms with E-state index in [1.165, 1.54) is 0 Å². The molecule has 1 aliphatic heterocycles. The van der Waals surface area contributed by atoms with Crippen molar-refractivity contribution in [1.29, 1.82) is 0 Å². The van der Waals surface area contributed by atoms with Crippen LogP contribution in [-0.2, 0) is 9.53 Å². The lowest BCUT2D eigenvalue weighted by Gasteiger charge is -2.19. The molecule has 120 valence electrons. The van der Waals surface area contributed by atoms with Gasteiger partial charge in [-0.25, -0.2) is 0 Å². The minimum absolute atomic E-state index is 0.0278. The van der Waals surface area contributed by atoms with Gasteiger partial charge in [-0.2, -0.15) is 0 Å².